The number of hydrogen-bond acceptors (Lipinski definition) is 6. The standard InChI is InChI=1S/C8H12ClN5O/c1-10-7-11-6(9)12-8(13-7)14-2-4-15-5-3-14/h2-5H2,1H3,(H,10,11,12,13). The molecule has 0 radical (unpaired) electrons. The lowest BCUT2D eigenvalue weighted by molar-refractivity contribution is 0.122. The van der Waals surface area contributed by atoms with Crippen LogP contribution in [0.5, 0.6) is 0 Å². The molecule has 0 bridgehead atoms. The Morgan fingerprint density at radius 2 is 2.00 bits per heavy atom. The Morgan fingerprint density at radius 1 is 1.27 bits per heavy atom. The molecule has 0 atom stereocenters. The summed E-state index contributed by atoms with van der Waals surface area (Å²) in [4.78, 5) is 14.3. The summed E-state index contributed by atoms with van der Waals surface area (Å²) < 4.78 is 5.25. The molecule has 0 aromatic carbocycles. The van der Waals surface area contributed by atoms with Crippen molar-refractivity contribution in [3.8, 4) is 0 Å². The molecule has 2 heterocycles. The zero-order valence-electron chi connectivity index (χ0n) is 8.40. The SMILES string of the molecule is CNc1nc(Cl)nc(N2CCOCC2)n1. The molecular weight excluding hydrogens is 218 g/mol. The van der Waals surface area contributed by atoms with E-state index in [0.29, 0.717) is 25.1 Å². The van der Waals surface area contributed by atoms with Crippen molar-refractivity contribution in [2.24, 2.45) is 0 Å². The Morgan fingerprint density at radius 3 is 2.67 bits per heavy atom. The maximum absolute atomic E-state index is 5.79. The summed E-state index contributed by atoms with van der Waals surface area (Å²) in [6.07, 6.45) is 0. The van der Waals surface area contributed by atoms with Crippen LogP contribution in [0.15, 0.2) is 0 Å². The third-order valence-electron chi connectivity index (χ3n) is 2.11. The van der Waals surface area contributed by atoms with Gasteiger partial charge in [-0.1, -0.05) is 0 Å². The molecule has 1 aliphatic rings. The first-order valence-electron chi connectivity index (χ1n) is 4.71. The fourth-order valence-electron chi connectivity index (χ4n) is 1.36. The van der Waals surface area contributed by atoms with Crippen molar-refractivity contribution in [1.29, 1.82) is 0 Å². The predicted molar refractivity (Wildman–Crippen MR) is 57.4 cm³/mol. The molecule has 1 fully saturated rings. The molecule has 2 rings (SSSR count). The number of rotatable bonds is 2. The average Bonchev–Trinajstić information content (AvgIpc) is 2.29. The zero-order chi connectivity index (χ0) is 10.7. The number of hydrogen-bond donors (Lipinski definition) is 1. The lowest BCUT2D eigenvalue weighted by Crippen LogP contribution is -2.37. The number of nitrogens with one attached hydrogen (secondary N) is 1. The van der Waals surface area contributed by atoms with Crippen LogP contribution in [0.4, 0.5) is 11.9 Å². The molecule has 0 saturated carbocycles. The van der Waals surface area contributed by atoms with Gasteiger partial charge in [0.2, 0.25) is 17.2 Å². The van der Waals surface area contributed by atoms with E-state index in [9.17, 15) is 0 Å². The quantitative estimate of drug-likeness (QED) is 0.792. The molecule has 15 heavy (non-hydrogen) atoms. The van der Waals surface area contributed by atoms with Crippen LogP contribution >= 0.6 is 11.6 Å². The van der Waals surface area contributed by atoms with Gasteiger partial charge in [0.25, 0.3) is 0 Å². The fraction of sp³-hybridized carbons (Fsp3) is 0.625. The Hall–Kier alpha value is -1.14. The maximum Gasteiger partial charge on any atom is 0.231 e. The molecule has 0 aliphatic carbocycles. The van der Waals surface area contributed by atoms with Crippen molar-refractivity contribution < 1.29 is 4.74 Å². The Balaban J connectivity index is 2.22. The van der Waals surface area contributed by atoms with E-state index in [1.165, 1.54) is 0 Å². The van der Waals surface area contributed by atoms with Crippen molar-refractivity contribution in [2.75, 3.05) is 43.6 Å². The van der Waals surface area contributed by atoms with Gasteiger partial charge in [0.05, 0.1) is 13.2 Å². The first-order chi connectivity index (χ1) is 7.29. The lowest BCUT2D eigenvalue weighted by atomic mass is 10.4. The molecule has 1 saturated heterocycles. The van der Waals surface area contributed by atoms with Crippen LogP contribution in [0, 0.1) is 0 Å². The first kappa shape index (κ1) is 10.4. The molecule has 6 nitrogen and oxygen atoms in total. The molecular formula is C8H12ClN5O. The highest BCUT2D eigenvalue weighted by Gasteiger charge is 2.15. The lowest BCUT2D eigenvalue weighted by Gasteiger charge is -2.26. The summed E-state index contributed by atoms with van der Waals surface area (Å²) in [5.74, 6) is 1.08. The summed E-state index contributed by atoms with van der Waals surface area (Å²) in [5.41, 5.74) is 0. The van der Waals surface area contributed by atoms with Crippen molar-refractivity contribution in [3.05, 3.63) is 5.28 Å². The minimum Gasteiger partial charge on any atom is -0.378 e. The van der Waals surface area contributed by atoms with Crippen molar-refractivity contribution in [2.45, 2.75) is 0 Å². The second-order valence-electron chi connectivity index (χ2n) is 3.08. The minimum atomic E-state index is 0.204. The zero-order valence-corrected chi connectivity index (χ0v) is 9.16. The molecule has 82 valence electrons. The van der Waals surface area contributed by atoms with Gasteiger partial charge in [0, 0.05) is 20.1 Å². The molecule has 7 heteroatoms. The van der Waals surface area contributed by atoms with Crippen LogP contribution in [0.3, 0.4) is 0 Å². The van der Waals surface area contributed by atoms with Gasteiger partial charge in [0.15, 0.2) is 0 Å². The summed E-state index contributed by atoms with van der Waals surface area (Å²) in [5, 5.41) is 3.05. The van der Waals surface area contributed by atoms with E-state index in [-0.39, 0.29) is 5.28 Å². The molecule has 0 amide bonds. The van der Waals surface area contributed by atoms with Crippen molar-refractivity contribution in [1.82, 2.24) is 15.0 Å². The van der Waals surface area contributed by atoms with Crippen molar-refractivity contribution >= 4 is 23.5 Å². The molecule has 1 N–H and O–H groups in total. The van der Waals surface area contributed by atoms with E-state index < -0.39 is 0 Å². The average molecular weight is 230 g/mol. The number of ether oxygens (including phenoxy) is 1. The van der Waals surface area contributed by atoms with E-state index in [4.69, 9.17) is 16.3 Å². The monoisotopic (exact) mass is 229 g/mol. The predicted octanol–water partition coefficient (Wildman–Crippen LogP) is 0.403. The van der Waals surface area contributed by atoms with Crippen molar-refractivity contribution in [3.63, 3.8) is 0 Å². The topological polar surface area (TPSA) is 63.2 Å². The Labute approximate surface area is 92.6 Å². The Bertz CT molecular complexity index is 342. The summed E-state index contributed by atoms with van der Waals surface area (Å²) in [6, 6.07) is 0. The molecule has 0 spiro atoms. The molecule has 1 aromatic rings. The molecule has 0 unspecified atom stereocenters. The van der Waals surface area contributed by atoms with Gasteiger partial charge in [-0.2, -0.15) is 15.0 Å². The van der Waals surface area contributed by atoms with Gasteiger partial charge in [0.1, 0.15) is 0 Å². The van der Waals surface area contributed by atoms with Crippen LogP contribution in [-0.4, -0.2) is 48.3 Å². The number of anilines is 2. The summed E-state index contributed by atoms with van der Waals surface area (Å²) in [7, 11) is 1.74. The van der Waals surface area contributed by atoms with Gasteiger partial charge < -0.3 is 15.0 Å². The second kappa shape index (κ2) is 4.59. The van der Waals surface area contributed by atoms with Gasteiger partial charge in [-0.3, -0.25) is 0 Å². The number of halogens is 1. The van der Waals surface area contributed by atoms with Gasteiger partial charge in [-0.05, 0) is 11.6 Å². The highest BCUT2D eigenvalue weighted by molar-refractivity contribution is 6.28. The third-order valence-corrected chi connectivity index (χ3v) is 2.28. The maximum atomic E-state index is 5.79. The second-order valence-corrected chi connectivity index (χ2v) is 3.42. The molecule has 1 aliphatic heterocycles. The largest absolute Gasteiger partial charge is 0.378 e. The number of nitrogens with zero attached hydrogens (tertiary/aromatic N) is 4. The Kier molecular flexibility index (Phi) is 3.17. The van der Waals surface area contributed by atoms with Crippen LogP contribution in [0.2, 0.25) is 5.28 Å². The van der Waals surface area contributed by atoms with E-state index in [1.54, 1.807) is 7.05 Å². The smallest absolute Gasteiger partial charge is 0.231 e. The molecule has 1 aromatic heterocycles. The van der Waals surface area contributed by atoms with Gasteiger partial charge in [-0.15, -0.1) is 0 Å². The van der Waals surface area contributed by atoms with Crippen LogP contribution < -0.4 is 10.2 Å². The summed E-state index contributed by atoms with van der Waals surface area (Å²) >= 11 is 5.79. The number of morpholine rings is 1. The normalized spacial score (nSPS) is 16.5. The van der Waals surface area contributed by atoms with Crippen LogP contribution in [0.1, 0.15) is 0 Å². The summed E-state index contributed by atoms with van der Waals surface area (Å²) in [6.45, 7) is 2.95. The van der Waals surface area contributed by atoms with Crippen LogP contribution in [0.25, 0.3) is 0 Å². The highest BCUT2D eigenvalue weighted by Crippen LogP contribution is 2.14. The van der Waals surface area contributed by atoms with Gasteiger partial charge in [-0.25, -0.2) is 0 Å². The van der Waals surface area contributed by atoms with E-state index in [2.05, 4.69) is 20.3 Å². The van der Waals surface area contributed by atoms with E-state index in [0.717, 1.165) is 13.1 Å². The third kappa shape index (κ3) is 2.45. The van der Waals surface area contributed by atoms with Gasteiger partial charge >= 0.3 is 0 Å². The minimum absolute atomic E-state index is 0.204. The fourth-order valence-corrected chi connectivity index (χ4v) is 1.51. The van der Waals surface area contributed by atoms with E-state index >= 15 is 0 Å². The first-order valence-corrected chi connectivity index (χ1v) is 5.09. The van der Waals surface area contributed by atoms with Crippen LogP contribution in [-0.2, 0) is 4.74 Å². The highest BCUT2D eigenvalue weighted by atomic mass is 35.5. The number of aromatic nitrogens is 3. The van der Waals surface area contributed by atoms with E-state index in [1.807, 2.05) is 4.90 Å².